The van der Waals surface area contributed by atoms with E-state index >= 15 is 0 Å². The summed E-state index contributed by atoms with van der Waals surface area (Å²) < 4.78 is 0. The van der Waals surface area contributed by atoms with E-state index in [1.165, 1.54) is 45.2 Å². The average molecular weight is 390 g/mol. The standard InChI is InChI=1S/C28H39N/c1-21(2)11-9-12-23(5)13-10-14-24(6)17-18-25(19-22(3)4)27-20-29-28-16-8-7-15-26(27)28/h7-8,11,13,15-17,19-20,25,29H,9-10,12,14,18H2,1-6H3. The zero-order valence-corrected chi connectivity index (χ0v) is 19.3. The largest absolute Gasteiger partial charge is 0.361 e. The summed E-state index contributed by atoms with van der Waals surface area (Å²) in [5.74, 6) is 0.424. The second kappa shape index (κ2) is 11.7. The van der Waals surface area contributed by atoms with Gasteiger partial charge in [-0.15, -0.1) is 0 Å². The molecule has 1 aromatic carbocycles. The molecule has 1 aromatic heterocycles. The third-order valence-corrected chi connectivity index (χ3v) is 5.40. The van der Waals surface area contributed by atoms with Crippen molar-refractivity contribution in [1.82, 2.24) is 4.98 Å². The number of fused-ring (bicyclic) bond motifs is 1. The summed E-state index contributed by atoms with van der Waals surface area (Å²) in [7, 11) is 0. The molecular formula is C28H39N. The molecule has 2 rings (SSSR count). The van der Waals surface area contributed by atoms with Gasteiger partial charge >= 0.3 is 0 Å². The molecule has 1 heterocycles. The van der Waals surface area contributed by atoms with Crippen LogP contribution in [0.3, 0.4) is 0 Å². The molecule has 0 aliphatic carbocycles. The van der Waals surface area contributed by atoms with Crippen LogP contribution in [0, 0.1) is 0 Å². The highest BCUT2D eigenvalue weighted by atomic mass is 14.7. The first-order valence-corrected chi connectivity index (χ1v) is 11.0. The molecule has 1 N–H and O–H groups in total. The molecular weight excluding hydrogens is 350 g/mol. The van der Waals surface area contributed by atoms with Gasteiger partial charge in [-0.05, 0) is 85.3 Å². The van der Waals surface area contributed by atoms with Crippen LogP contribution in [0.4, 0.5) is 0 Å². The maximum Gasteiger partial charge on any atom is 0.0457 e. The lowest BCUT2D eigenvalue weighted by molar-refractivity contribution is 0.841. The van der Waals surface area contributed by atoms with Gasteiger partial charge in [-0.1, -0.05) is 64.8 Å². The van der Waals surface area contributed by atoms with Crippen molar-refractivity contribution >= 4 is 10.9 Å². The van der Waals surface area contributed by atoms with Crippen molar-refractivity contribution in [3.8, 4) is 0 Å². The highest BCUT2D eigenvalue weighted by molar-refractivity contribution is 5.83. The lowest BCUT2D eigenvalue weighted by atomic mass is 9.92. The van der Waals surface area contributed by atoms with Crippen LogP contribution in [0.5, 0.6) is 0 Å². The quantitative estimate of drug-likeness (QED) is 0.390. The summed E-state index contributed by atoms with van der Waals surface area (Å²) in [6, 6.07) is 8.61. The number of nitrogens with one attached hydrogen (secondary N) is 1. The Labute approximate surface area is 178 Å². The van der Waals surface area contributed by atoms with Crippen LogP contribution in [0.2, 0.25) is 0 Å². The van der Waals surface area contributed by atoms with Crippen LogP contribution < -0.4 is 0 Å². The summed E-state index contributed by atoms with van der Waals surface area (Å²) in [5.41, 5.74) is 8.42. The molecule has 0 radical (unpaired) electrons. The molecule has 156 valence electrons. The van der Waals surface area contributed by atoms with Gasteiger partial charge < -0.3 is 4.98 Å². The number of benzene rings is 1. The summed E-state index contributed by atoms with van der Waals surface area (Å²) in [5, 5.41) is 1.34. The molecule has 1 nitrogen and oxygen atoms in total. The number of para-hydroxylation sites is 1. The van der Waals surface area contributed by atoms with Crippen molar-refractivity contribution in [3.63, 3.8) is 0 Å². The highest BCUT2D eigenvalue weighted by Crippen LogP contribution is 2.30. The lowest BCUT2D eigenvalue weighted by Crippen LogP contribution is -1.94. The Morgan fingerprint density at radius 3 is 2.17 bits per heavy atom. The monoisotopic (exact) mass is 389 g/mol. The number of aromatic nitrogens is 1. The van der Waals surface area contributed by atoms with E-state index in [2.05, 4.69) is 101 Å². The van der Waals surface area contributed by atoms with Gasteiger partial charge in [0.1, 0.15) is 0 Å². The van der Waals surface area contributed by atoms with Crippen molar-refractivity contribution in [2.45, 2.75) is 79.6 Å². The van der Waals surface area contributed by atoms with Gasteiger partial charge in [-0.25, -0.2) is 0 Å². The van der Waals surface area contributed by atoms with Crippen LogP contribution in [0.1, 0.15) is 85.1 Å². The predicted molar refractivity (Wildman–Crippen MR) is 131 cm³/mol. The first-order valence-electron chi connectivity index (χ1n) is 11.0. The van der Waals surface area contributed by atoms with E-state index < -0.39 is 0 Å². The van der Waals surface area contributed by atoms with Crippen LogP contribution in [0.15, 0.2) is 77.1 Å². The van der Waals surface area contributed by atoms with Gasteiger partial charge in [-0.3, -0.25) is 0 Å². The molecule has 1 atom stereocenters. The topological polar surface area (TPSA) is 15.8 Å². The molecule has 0 aliphatic heterocycles. The molecule has 0 fully saturated rings. The molecule has 0 saturated heterocycles. The maximum absolute atomic E-state index is 3.44. The number of allylic oxidation sites excluding steroid dienone is 8. The van der Waals surface area contributed by atoms with Gasteiger partial charge in [0, 0.05) is 23.0 Å². The van der Waals surface area contributed by atoms with Crippen molar-refractivity contribution < 1.29 is 0 Å². The molecule has 0 aliphatic rings. The SMILES string of the molecule is CC(C)=CCCC(C)=CCCC(C)=CCC(C=C(C)C)c1c[nH]c2ccccc12. The average Bonchev–Trinajstić information content (AvgIpc) is 3.08. The summed E-state index contributed by atoms with van der Waals surface area (Å²) >= 11 is 0. The van der Waals surface area contributed by atoms with Crippen LogP contribution in [-0.2, 0) is 0 Å². The fourth-order valence-electron chi connectivity index (χ4n) is 3.75. The second-order valence-electron chi connectivity index (χ2n) is 8.84. The molecule has 0 bridgehead atoms. The van der Waals surface area contributed by atoms with Gasteiger partial charge in [0.25, 0.3) is 0 Å². The van der Waals surface area contributed by atoms with E-state index in [0.717, 1.165) is 25.7 Å². The van der Waals surface area contributed by atoms with Gasteiger partial charge in [0.05, 0.1) is 0 Å². The molecule has 0 saturated carbocycles. The number of H-pyrrole nitrogens is 1. The molecule has 1 unspecified atom stereocenters. The van der Waals surface area contributed by atoms with E-state index in [0.29, 0.717) is 5.92 Å². The minimum absolute atomic E-state index is 0.424. The minimum atomic E-state index is 0.424. The Morgan fingerprint density at radius 2 is 1.48 bits per heavy atom. The first-order chi connectivity index (χ1) is 13.9. The Kier molecular flexibility index (Phi) is 9.25. The normalized spacial score (nSPS) is 13.4. The number of hydrogen-bond donors (Lipinski definition) is 1. The lowest BCUT2D eigenvalue weighted by Gasteiger charge is -2.12. The predicted octanol–water partition coefficient (Wildman–Crippen LogP) is 9.03. The molecule has 1 heteroatoms. The molecule has 0 spiro atoms. The first kappa shape index (κ1) is 23.0. The molecule has 29 heavy (non-hydrogen) atoms. The fraction of sp³-hybridized carbons (Fsp3) is 0.429. The van der Waals surface area contributed by atoms with Crippen molar-refractivity contribution in [3.05, 3.63) is 82.6 Å². The van der Waals surface area contributed by atoms with Gasteiger partial charge in [0.2, 0.25) is 0 Å². The van der Waals surface area contributed by atoms with Gasteiger partial charge in [-0.2, -0.15) is 0 Å². The minimum Gasteiger partial charge on any atom is -0.361 e. The summed E-state index contributed by atoms with van der Waals surface area (Å²) in [4.78, 5) is 3.44. The number of hydrogen-bond acceptors (Lipinski definition) is 0. The van der Waals surface area contributed by atoms with E-state index in [4.69, 9.17) is 0 Å². The van der Waals surface area contributed by atoms with Gasteiger partial charge in [0.15, 0.2) is 0 Å². The maximum atomic E-state index is 3.44. The number of rotatable bonds is 10. The fourth-order valence-corrected chi connectivity index (χ4v) is 3.75. The summed E-state index contributed by atoms with van der Waals surface area (Å²) in [6.07, 6.45) is 17.5. The van der Waals surface area contributed by atoms with Crippen LogP contribution in [0.25, 0.3) is 10.9 Å². The van der Waals surface area contributed by atoms with Crippen molar-refractivity contribution in [1.29, 1.82) is 0 Å². The summed E-state index contributed by atoms with van der Waals surface area (Å²) in [6.45, 7) is 13.3. The van der Waals surface area contributed by atoms with E-state index in [-0.39, 0.29) is 0 Å². The third kappa shape index (κ3) is 7.93. The van der Waals surface area contributed by atoms with E-state index in [9.17, 15) is 0 Å². The second-order valence-corrected chi connectivity index (χ2v) is 8.84. The third-order valence-electron chi connectivity index (χ3n) is 5.40. The van der Waals surface area contributed by atoms with E-state index in [1.807, 2.05) is 0 Å². The van der Waals surface area contributed by atoms with E-state index in [1.54, 1.807) is 0 Å². The highest BCUT2D eigenvalue weighted by Gasteiger charge is 2.12. The van der Waals surface area contributed by atoms with Crippen molar-refractivity contribution in [2.24, 2.45) is 0 Å². The van der Waals surface area contributed by atoms with Crippen LogP contribution >= 0.6 is 0 Å². The zero-order valence-electron chi connectivity index (χ0n) is 19.3. The Morgan fingerprint density at radius 1 is 0.828 bits per heavy atom. The molecule has 2 aromatic rings. The zero-order chi connectivity index (χ0) is 21.2. The number of aromatic amines is 1. The Bertz CT molecular complexity index is 893. The van der Waals surface area contributed by atoms with Crippen molar-refractivity contribution in [2.75, 3.05) is 0 Å². The van der Waals surface area contributed by atoms with Crippen LogP contribution in [-0.4, -0.2) is 4.98 Å². The Hall–Kier alpha value is -2.28. The Balaban J connectivity index is 1.98. The smallest absolute Gasteiger partial charge is 0.0457 e. The molecule has 0 amide bonds.